The van der Waals surface area contributed by atoms with Crippen LogP contribution in [0.1, 0.15) is 53.6 Å². The molecule has 2 fully saturated rings. The molecule has 3 aromatic rings. The summed E-state index contributed by atoms with van der Waals surface area (Å²) in [6, 6.07) is 7.72. The highest BCUT2D eigenvalue weighted by Crippen LogP contribution is 2.46. The number of likely N-dealkylation sites (tertiary alicyclic amines) is 1. The summed E-state index contributed by atoms with van der Waals surface area (Å²) < 4.78 is 22.1. The van der Waals surface area contributed by atoms with Gasteiger partial charge in [-0.25, -0.2) is 4.39 Å². The Bertz CT molecular complexity index is 1850. The van der Waals surface area contributed by atoms with Crippen LogP contribution in [0.25, 0.3) is 11.1 Å². The molecule has 0 N–H and O–H groups in total. The lowest BCUT2D eigenvalue weighted by atomic mass is 9.88. The first-order valence-corrected chi connectivity index (χ1v) is 18.3. The molecule has 2 aromatic heterocycles. The molecule has 2 saturated heterocycles. The second-order valence-electron chi connectivity index (χ2n) is 14.6. The van der Waals surface area contributed by atoms with Crippen LogP contribution in [0.4, 0.5) is 21.6 Å². The van der Waals surface area contributed by atoms with E-state index in [0.29, 0.717) is 51.6 Å². The van der Waals surface area contributed by atoms with Crippen LogP contribution < -0.4 is 19.4 Å². The topological polar surface area (TPSA) is 92.1 Å². The maximum Gasteiger partial charge on any atom is 0.246 e. The van der Waals surface area contributed by atoms with Crippen molar-refractivity contribution in [1.29, 1.82) is 5.26 Å². The van der Waals surface area contributed by atoms with E-state index >= 15 is 4.39 Å². The van der Waals surface area contributed by atoms with Gasteiger partial charge in [0, 0.05) is 75.4 Å². The molecule has 0 unspecified atom stereocenters. The van der Waals surface area contributed by atoms with Crippen molar-refractivity contribution in [3.8, 4) is 23.1 Å². The number of anilines is 3. The number of amides is 1. The number of ether oxygens (including phenoxy) is 1. The van der Waals surface area contributed by atoms with Crippen LogP contribution in [-0.2, 0) is 24.2 Å². The third-order valence-electron chi connectivity index (χ3n) is 11.4. The number of likely N-dealkylation sites (N-methyl/N-ethyl adjacent to an activating group) is 1. The van der Waals surface area contributed by atoms with E-state index in [0.717, 1.165) is 95.0 Å². The third kappa shape index (κ3) is 6.62. The van der Waals surface area contributed by atoms with E-state index in [-0.39, 0.29) is 30.2 Å². The minimum absolute atomic E-state index is 0.161. The van der Waals surface area contributed by atoms with E-state index in [2.05, 4.69) is 53.3 Å². The molecule has 7 rings (SSSR count). The van der Waals surface area contributed by atoms with Crippen molar-refractivity contribution in [2.75, 3.05) is 74.7 Å². The second-order valence-corrected chi connectivity index (χ2v) is 14.6. The zero-order chi connectivity index (χ0) is 35.8. The largest absolute Gasteiger partial charge is 0.475 e. The minimum Gasteiger partial charge on any atom is -0.475 e. The summed E-state index contributed by atoms with van der Waals surface area (Å²) in [5.41, 5.74) is 9.29. The van der Waals surface area contributed by atoms with Gasteiger partial charge >= 0.3 is 0 Å². The molecule has 0 aliphatic carbocycles. The number of aromatic nitrogens is 2. The Kier molecular flexibility index (Phi) is 9.88. The van der Waals surface area contributed by atoms with Gasteiger partial charge < -0.3 is 29.2 Å². The first kappa shape index (κ1) is 34.7. The van der Waals surface area contributed by atoms with E-state index in [4.69, 9.17) is 14.7 Å². The van der Waals surface area contributed by atoms with Crippen molar-refractivity contribution in [3.05, 3.63) is 70.8 Å². The van der Waals surface area contributed by atoms with Crippen molar-refractivity contribution in [2.24, 2.45) is 0 Å². The van der Waals surface area contributed by atoms with Crippen LogP contribution in [-0.4, -0.2) is 97.7 Å². The summed E-state index contributed by atoms with van der Waals surface area (Å²) in [4.78, 5) is 33.9. The van der Waals surface area contributed by atoms with E-state index in [1.165, 1.54) is 6.08 Å². The average Bonchev–Trinajstić information content (AvgIpc) is 3.54. The van der Waals surface area contributed by atoms with Gasteiger partial charge in [0.25, 0.3) is 0 Å². The highest BCUT2D eigenvalue weighted by atomic mass is 19.1. The van der Waals surface area contributed by atoms with Crippen LogP contribution in [0, 0.1) is 31.0 Å². The summed E-state index contributed by atoms with van der Waals surface area (Å²) in [5, 5.41) is 9.74. The van der Waals surface area contributed by atoms with Gasteiger partial charge in [-0.15, -0.1) is 0 Å². The van der Waals surface area contributed by atoms with Gasteiger partial charge in [-0.1, -0.05) is 6.58 Å². The summed E-state index contributed by atoms with van der Waals surface area (Å²) in [6.45, 7) is 13.1. The van der Waals surface area contributed by atoms with Crippen molar-refractivity contribution in [2.45, 2.75) is 71.0 Å². The number of fused-ring (bicyclic) bond motifs is 2. The number of hydrogen-bond acceptors (Lipinski definition) is 9. The van der Waals surface area contributed by atoms with Crippen LogP contribution in [0.5, 0.6) is 5.88 Å². The fourth-order valence-corrected chi connectivity index (χ4v) is 8.72. The van der Waals surface area contributed by atoms with Crippen LogP contribution in [0.15, 0.2) is 37.1 Å². The maximum absolute atomic E-state index is 15.3. The normalized spacial score (nSPS) is 20.5. The van der Waals surface area contributed by atoms with E-state index in [1.807, 2.05) is 19.2 Å². The highest BCUT2D eigenvalue weighted by molar-refractivity contribution is 5.88. The zero-order valence-electron chi connectivity index (χ0n) is 30.4. The first-order valence-electron chi connectivity index (χ1n) is 18.3. The molecule has 11 heteroatoms. The predicted molar refractivity (Wildman–Crippen MR) is 199 cm³/mol. The zero-order valence-corrected chi connectivity index (χ0v) is 30.4. The number of aryl methyl sites for hydroxylation is 3. The van der Waals surface area contributed by atoms with E-state index < -0.39 is 0 Å². The lowest BCUT2D eigenvalue weighted by molar-refractivity contribution is -0.128. The number of nitriles is 1. The molecule has 4 aliphatic heterocycles. The van der Waals surface area contributed by atoms with E-state index in [1.54, 1.807) is 17.0 Å². The monoisotopic (exact) mass is 692 g/mol. The molecule has 0 bridgehead atoms. The van der Waals surface area contributed by atoms with Crippen molar-refractivity contribution >= 4 is 23.1 Å². The Morgan fingerprint density at radius 1 is 1.06 bits per heavy atom. The molecule has 0 spiro atoms. The number of rotatable bonds is 8. The van der Waals surface area contributed by atoms with Crippen molar-refractivity contribution in [1.82, 2.24) is 19.8 Å². The van der Waals surface area contributed by atoms with Crippen LogP contribution in [0.2, 0.25) is 0 Å². The molecule has 6 heterocycles. The minimum atomic E-state index is -0.292. The number of carbonyl (C=O) groups excluding carboxylic acids is 1. The quantitative estimate of drug-likeness (QED) is 0.287. The number of piperazine rings is 1. The fourth-order valence-electron chi connectivity index (χ4n) is 8.72. The van der Waals surface area contributed by atoms with Gasteiger partial charge in [-0.05, 0) is 101 Å². The van der Waals surface area contributed by atoms with E-state index in [9.17, 15) is 10.1 Å². The maximum atomic E-state index is 15.3. The molecule has 0 saturated carbocycles. The van der Waals surface area contributed by atoms with Crippen LogP contribution in [0.3, 0.4) is 0 Å². The lowest BCUT2D eigenvalue weighted by Crippen LogP contribution is -2.55. The number of benzene rings is 1. The number of halogens is 1. The molecule has 268 valence electrons. The second kappa shape index (κ2) is 14.5. The van der Waals surface area contributed by atoms with Gasteiger partial charge in [0.1, 0.15) is 18.2 Å². The molecular formula is C40H49FN8O2. The molecule has 10 nitrogen and oxygen atoms in total. The molecule has 2 atom stereocenters. The molecule has 51 heavy (non-hydrogen) atoms. The van der Waals surface area contributed by atoms with Gasteiger partial charge in [-0.3, -0.25) is 9.78 Å². The van der Waals surface area contributed by atoms with Gasteiger partial charge in [-0.2, -0.15) is 10.2 Å². The number of carbonyl (C=O) groups is 1. The first-order chi connectivity index (χ1) is 24.7. The number of pyridine rings is 2. The Morgan fingerprint density at radius 2 is 1.90 bits per heavy atom. The molecule has 1 aromatic carbocycles. The average molecular weight is 693 g/mol. The van der Waals surface area contributed by atoms with Gasteiger partial charge in [0.05, 0.1) is 35.5 Å². The standard InChI is InChI=1S/C40H49FN8O2/c1-6-35(50)49-20-19-48(23-30(49)11-14-42)39-32-13-18-47(34-22-29(41)21-28-9-7-17-46(5)38(28)34)24-33(32)37(36-26(2)12-15-43-27(36)3)40(44-39)51-25-31-10-8-16-45(31)4/h6,12,15,21-22,30-31H,1,7-11,13,16-20,23-25H2,2-5H3/t30-,31-/m0/s1. The summed E-state index contributed by atoms with van der Waals surface area (Å²) in [7, 11) is 4.25. The third-order valence-corrected chi connectivity index (χ3v) is 11.4. The van der Waals surface area contributed by atoms with Gasteiger partial charge in [0.2, 0.25) is 11.8 Å². The highest BCUT2D eigenvalue weighted by Gasteiger charge is 2.36. The molecule has 0 radical (unpaired) electrons. The fraction of sp³-hybridized carbons (Fsp3) is 0.500. The Balaban J connectivity index is 1.39. The van der Waals surface area contributed by atoms with Crippen molar-refractivity contribution < 1.29 is 13.9 Å². The predicted octanol–water partition coefficient (Wildman–Crippen LogP) is 5.43. The van der Waals surface area contributed by atoms with Crippen LogP contribution >= 0.6 is 0 Å². The summed E-state index contributed by atoms with van der Waals surface area (Å²) in [5.74, 6) is 1.05. The van der Waals surface area contributed by atoms with Gasteiger partial charge in [0.15, 0.2) is 0 Å². The smallest absolute Gasteiger partial charge is 0.246 e. The molecule has 1 amide bonds. The number of nitrogens with zero attached hydrogens (tertiary/aromatic N) is 8. The Labute approximate surface area is 301 Å². The van der Waals surface area contributed by atoms with Crippen molar-refractivity contribution in [3.63, 3.8) is 0 Å². The molecular weight excluding hydrogens is 643 g/mol. The molecule has 4 aliphatic rings. The lowest BCUT2D eigenvalue weighted by Gasteiger charge is -2.43. The Hall–Kier alpha value is -4.69. The summed E-state index contributed by atoms with van der Waals surface area (Å²) >= 11 is 0. The SMILES string of the molecule is C=CC(=O)N1CCN(c2nc(OC[C@@H]3CCCN3C)c(-c3c(C)ccnc3C)c3c2CCN(c2cc(F)cc4c2N(C)CCC4)C3)C[C@@H]1CC#N. The Morgan fingerprint density at radius 3 is 2.65 bits per heavy atom. The summed E-state index contributed by atoms with van der Waals surface area (Å²) in [6.07, 6.45) is 8.15. The number of hydrogen-bond donors (Lipinski definition) is 0.